The van der Waals surface area contributed by atoms with Gasteiger partial charge in [0.2, 0.25) is 5.91 Å². The Morgan fingerprint density at radius 2 is 1.69 bits per heavy atom. The predicted octanol–water partition coefficient (Wildman–Crippen LogP) is 3.50. The lowest BCUT2D eigenvalue weighted by molar-refractivity contribution is -0.137. The number of carbonyl (C=O) groups excluding carboxylic acids is 2. The van der Waals surface area contributed by atoms with Crippen molar-refractivity contribution in [2.24, 2.45) is 5.92 Å². The fourth-order valence-electron chi connectivity index (χ4n) is 4.17. The first kappa shape index (κ1) is 16.9. The summed E-state index contributed by atoms with van der Waals surface area (Å²) in [4.78, 5) is 29.3. The highest BCUT2D eigenvalue weighted by atomic mass is 16.3. The first-order chi connectivity index (χ1) is 12.7. The monoisotopic (exact) mass is 352 g/mol. The lowest BCUT2D eigenvalue weighted by atomic mass is 9.94. The van der Waals surface area contributed by atoms with E-state index in [0.29, 0.717) is 18.8 Å². The van der Waals surface area contributed by atoms with E-state index in [-0.39, 0.29) is 23.8 Å². The molecule has 2 fully saturated rings. The van der Waals surface area contributed by atoms with Gasteiger partial charge in [0.1, 0.15) is 0 Å². The summed E-state index contributed by atoms with van der Waals surface area (Å²) in [6.07, 6.45) is 5.06. The van der Waals surface area contributed by atoms with E-state index in [4.69, 9.17) is 4.42 Å². The van der Waals surface area contributed by atoms with E-state index in [9.17, 15) is 9.59 Å². The largest absolute Gasteiger partial charge is 0.459 e. The van der Waals surface area contributed by atoms with E-state index >= 15 is 0 Å². The minimum absolute atomic E-state index is 0.0139. The van der Waals surface area contributed by atoms with Gasteiger partial charge in [-0.25, -0.2) is 0 Å². The molecule has 0 spiro atoms. The lowest BCUT2D eigenvalue weighted by Gasteiger charge is -2.34. The molecule has 136 valence electrons. The van der Waals surface area contributed by atoms with Crippen LogP contribution < -0.4 is 0 Å². The van der Waals surface area contributed by atoms with E-state index in [0.717, 1.165) is 32.2 Å². The standard InChI is InChI=1S/C21H24N2O3/c24-20(23-12-4-8-18(23)16-6-2-1-3-7-16)17-10-13-22(14-11-17)21(25)19-9-5-15-26-19/h1-3,5-7,9,15,17-18H,4,8,10-14H2. The van der Waals surface area contributed by atoms with Crippen LogP contribution in [0.5, 0.6) is 0 Å². The van der Waals surface area contributed by atoms with Crippen molar-refractivity contribution in [3.63, 3.8) is 0 Å². The molecule has 3 heterocycles. The minimum atomic E-state index is -0.0794. The molecule has 2 aliphatic rings. The number of rotatable bonds is 3. The second-order valence-electron chi connectivity index (χ2n) is 7.14. The Bertz CT molecular complexity index is 749. The predicted molar refractivity (Wildman–Crippen MR) is 97.5 cm³/mol. The summed E-state index contributed by atoms with van der Waals surface area (Å²) < 4.78 is 5.20. The van der Waals surface area contributed by atoms with Crippen LogP contribution in [0.15, 0.2) is 53.1 Å². The van der Waals surface area contributed by atoms with Gasteiger partial charge in [-0.1, -0.05) is 30.3 Å². The molecule has 2 aliphatic heterocycles. The number of benzene rings is 1. The Kier molecular flexibility index (Phi) is 4.78. The lowest BCUT2D eigenvalue weighted by Crippen LogP contribution is -2.44. The summed E-state index contributed by atoms with van der Waals surface area (Å²) in [5.41, 5.74) is 1.23. The molecular weight excluding hydrogens is 328 g/mol. The quantitative estimate of drug-likeness (QED) is 0.850. The molecule has 1 atom stereocenters. The van der Waals surface area contributed by atoms with Crippen molar-refractivity contribution in [1.29, 1.82) is 0 Å². The third-order valence-corrected chi connectivity index (χ3v) is 5.58. The van der Waals surface area contributed by atoms with Gasteiger partial charge in [-0.2, -0.15) is 0 Å². The van der Waals surface area contributed by atoms with Crippen molar-refractivity contribution < 1.29 is 14.0 Å². The van der Waals surface area contributed by atoms with Crippen molar-refractivity contribution in [3.8, 4) is 0 Å². The fraction of sp³-hybridized carbons (Fsp3) is 0.429. The Hall–Kier alpha value is -2.56. The number of hydrogen-bond acceptors (Lipinski definition) is 3. The number of nitrogens with zero attached hydrogens (tertiary/aromatic N) is 2. The van der Waals surface area contributed by atoms with Crippen molar-refractivity contribution >= 4 is 11.8 Å². The Balaban J connectivity index is 1.38. The van der Waals surface area contributed by atoms with Crippen LogP contribution in [0, 0.1) is 5.92 Å². The van der Waals surface area contributed by atoms with Gasteiger partial charge in [0.15, 0.2) is 5.76 Å². The van der Waals surface area contributed by atoms with Crippen LogP contribution in [-0.2, 0) is 4.79 Å². The molecule has 1 aromatic heterocycles. The first-order valence-electron chi connectivity index (χ1n) is 9.42. The molecule has 2 amide bonds. The minimum Gasteiger partial charge on any atom is -0.459 e. The van der Waals surface area contributed by atoms with Crippen molar-refractivity contribution in [2.45, 2.75) is 31.7 Å². The smallest absolute Gasteiger partial charge is 0.289 e. The molecule has 5 nitrogen and oxygen atoms in total. The SMILES string of the molecule is O=C(c1ccco1)N1CCC(C(=O)N2CCCC2c2ccccc2)CC1. The topological polar surface area (TPSA) is 53.8 Å². The summed E-state index contributed by atoms with van der Waals surface area (Å²) in [6.45, 7) is 2.06. The zero-order chi connectivity index (χ0) is 17.9. The van der Waals surface area contributed by atoms with Gasteiger partial charge >= 0.3 is 0 Å². The van der Waals surface area contributed by atoms with Crippen LogP contribution in [0.1, 0.15) is 47.8 Å². The van der Waals surface area contributed by atoms with Gasteiger partial charge in [0.05, 0.1) is 12.3 Å². The number of furan rings is 1. The van der Waals surface area contributed by atoms with Gasteiger partial charge in [-0.15, -0.1) is 0 Å². The van der Waals surface area contributed by atoms with Crippen LogP contribution in [0.4, 0.5) is 0 Å². The summed E-state index contributed by atoms with van der Waals surface area (Å²) in [6, 6.07) is 13.9. The Morgan fingerprint density at radius 1 is 0.923 bits per heavy atom. The maximum atomic E-state index is 13.1. The first-order valence-corrected chi connectivity index (χ1v) is 9.42. The molecule has 5 heteroatoms. The van der Waals surface area contributed by atoms with Crippen molar-refractivity contribution in [1.82, 2.24) is 9.80 Å². The average molecular weight is 352 g/mol. The second kappa shape index (κ2) is 7.36. The third kappa shape index (κ3) is 3.26. The molecule has 2 aromatic rings. The van der Waals surface area contributed by atoms with Gasteiger partial charge in [0.25, 0.3) is 5.91 Å². The highest BCUT2D eigenvalue weighted by Crippen LogP contribution is 2.34. The van der Waals surface area contributed by atoms with E-state index in [1.165, 1.54) is 11.8 Å². The number of piperidine rings is 1. The molecule has 1 aromatic carbocycles. The van der Waals surface area contributed by atoms with Crippen molar-refractivity contribution in [2.75, 3.05) is 19.6 Å². The van der Waals surface area contributed by atoms with E-state index in [2.05, 4.69) is 17.0 Å². The van der Waals surface area contributed by atoms with E-state index in [1.54, 1.807) is 17.0 Å². The third-order valence-electron chi connectivity index (χ3n) is 5.58. The summed E-state index contributed by atoms with van der Waals surface area (Å²) in [5, 5.41) is 0. The molecule has 0 bridgehead atoms. The number of likely N-dealkylation sites (tertiary alicyclic amines) is 2. The van der Waals surface area contributed by atoms with Crippen LogP contribution in [-0.4, -0.2) is 41.2 Å². The zero-order valence-electron chi connectivity index (χ0n) is 14.8. The molecule has 0 saturated carbocycles. The zero-order valence-corrected chi connectivity index (χ0v) is 14.8. The van der Waals surface area contributed by atoms with Gasteiger partial charge in [-0.05, 0) is 43.4 Å². The maximum absolute atomic E-state index is 13.1. The number of carbonyl (C=O) groups is 2. The molecule has 26 heavy (non-hydrogen) atoms. The van der Waals surface area contributed by atoms with Gasteiger partial charge in [-0.3, -0.25) is 9.59 Å². The molecule has 0 N–H and O–H groups in total. The van der Waals surface area contributed by atoms with Crippen LogP contribution in [0.25, 0.3) is 0 Å². The molecule has 0 radical (unpaired) electrons. The van der Waals surface area contributed by atoms with Gasteiger partial charge < -0.3 is 14.2 Å². The fourth-order valence-corrected chi connectivity index (χ4v) is 4.17. The van der Waals surface area contributed by atoms with Crippen LogP contribution >= 0.6 is 0 Å². The van der Waals surface area contributed by atoms with Crippen LogP contribution in [0.3, 0.4) is 0 Å². The normalized spacial score (nSPS) is 21.2. The second-order valence-corrected chi connectivity index (χ2v) is 7.14. The van der Waals surface area contributed by atoms with E-state index in [1.807, 2.05) is 18.2 Å². The molecule has 0 aliphatic carbocycles. The van der Waals surface area contributed by atoms with Gasteiger partial charge in [0, 0.05) is 25.6 Å². The van der Waals surface area contributed by atoms with Crippen molar-refractivity contribution in [3.05, 3.63) is 60.1 Å². The summed E-state index contributed by atoms with van der Waals surface area (Å²) in [7, 11) is 0. The Labute approximate surface area is 153 Å². The molecular formula is C21H24N2O3. The van der Waals surface area contributed by atoms with Crippen LogP contribution in [0.2, 0.25) is 0 Å². The molecule has 1 unspecified atom stereocenters. The molecule has 2 saturated heterocycles. The number of amides is 2. The highest BCUT2D eigenvalue weighted by Gasteiger charge is 2.36. The Morgan fingerprint density at radius 3 is 2.38 bits per heavy atom. The molecule has 4 rings (SSSR count). The maximum Gasteiger partial charge on any atom is 0.289 e. The highest BCUT2D eigenvalue weighted by molar-refractivity contribution is 5.91. The summed E-state index contributed by atoms with van der Waals surface area (Å²) >= 11 is 0. The summed E-state index contributed by atoms with van der Waals surface area (Å²) in [5.74, 6) is 0.559. The van der Waals surface area contributed by atoms with E-state index < -0.39 is 0 Å². The average Bonchev–Trinajstić information content (AvgIpc) is 3.39. The number of hydrogen-bond donors (Lipinski definition) is 0.